The van der Waals surface area contributed by atoms with Crippen molar-refractivity contribution in [3.05, 3.63) is 29.4 Å². The molecule has 0 atom stereocenters. The molecule has 0 saturated carbocycles. The molecular formula is C12H12I2O4. The lowest BCUT2D eigenvalue weighted by Gasteiger charge is -2.15. The van der Waals surface area contributed by atoms with Gasteiger partial charge in [-0.3, -0.25) is 0 Å². The molecule has 6 heteroatoms. The first-order chi connectivity index (χ1) is 8.36. The fourth-order valence-corrected chi connectivity index (χ4v) is 3.40. The summed E-state index contributed by atoms with van der Waals surface area (Å²) in [5.41, 5.74) is 2.48. The van der Waals surface area contributed by atoms with E-state index in [-0.39, 0.29) is 0 Å². The van der Waals surface area contributed by atoms with Crippen molar-refractivity contribution in [2.24, 2.45) is 0 Å². The van der Waals surface area contributed by atoms with Gasteiger partial charge < -0.3 is 9.47 Å². The Kier molecular flexibility index (Phi) is 5.38. The van der Waals surface area contributed by atoms with Crippen molar-refractivity contribution in [2.45, 2.75) is 13.8 Å². The minimum atomic E-state index is -0.394. The summed E-state index contributed by atoms with van der Waals surface area (Å²) in [5.74, 6) is -0.788. The molecule has 0 amide bonds. The zero-order valence-corrected chi connectivity index (χ0v) is 14.7. The van der Waals surface area contributed by atoms with E-state index in [1.807, 2.05) is 45.2 Å². The summed E-state index contributed by atoms with van der Waals surface area (Å²) in [7, 11) is 2.68. The Balaban J connectivity index is 3.66. The second-order valence-corrected chi connectivity index (χ2v) is 5.77. The lowest BCUT2D eigenvalue weighted by molar-refractivity contribution is 0.0583. The number of hydrogen-bond donors (Lipinski definition) is 0. The van der Waals surface area contributed by atoms with Gasteiger partial charge in [0.2, 0.25) is 0 Å². The number of carbonyl (C=O) groups is 2. The first kappa shape index (κ1) is 15.7. The van der Waals surface area contributed by atoms with Crippen molar-refractivity contribution in [1.82, 2.24) is 0 Å². The molecule has 0 saturated heterocycles. The zero-order chi connectivity index (χ0) is 14.0. The average molecular weight is 474 g/mol. The Hall–Kier alpha value is -0.380. The molecule has 1 aromatic rings. The average Bonchev–Trinajstić information content (AvgIpc) is 2.36. The van der Waals surface area contributed by atoms with Gasteiger partial charge in [0.1, 0.15) is 0 Å². The molecule has 0 heterocycles. The van der Waals surface area contributed by atoms with Crippen LogP contribution in [0, 0.1) is 21.0 Å². The molecule has 1 rings (SSSR count). The van der Waals surface area contributed by atoms with Gasteiger partial charge in [-0.1, -0.05) is 0 Å². The maximum Gasteiger partial charge on any atom is 0.339 e. The largest absolute Gasteiger partial charge is 0.465 e. The molecule has 98 valence electrons. The third kappa shape index (κ3) is 2.63. The second kappa shape index (κ2) is 6.18. The smallest absolute Gasteiger partial charge is 0.339 e. The van der Waals surface area contributed by atoms with E-state index in [1.54, 1.807) is 13.8 Å². The van der Waals surface area contributed by atoms with E-state index in [1.165, 1.54) is 14.2 Å². The lowest BCUT2D eigenvalue weighted by Crippen LogP contribution is -2.15. The van der Waals surface area contributed by atoms with Gasteiger partial charge >= 0.3 is 11.9 Å². The van der Waals surface area contributed by atoms with E-state index < -0.39 is 11.9 Å². The van der Waals surface area contributed by atoms with Crippen molar-refractivity contribution < 1.29 is 19.1 Å². The summed E-state index contributed by atoms with van der Waals surface area (Å²) in [5, 5.41) is 0. The SMILES string of the molecule is COC(=O)c1c(C)c(I)c(C(=O)OC)c(C)c1I. The van der Waals surface area contributed by atoms with E-state index >= 15 is 0 Å². The second-order valence-electron chi connectivity index (χ2n) is 3.61. The number of hydrogen-bond acceptors (Lipinski definition) is 4. The van der Waals surface area contributed by atoms with Crippen LogP contribution in [0.4, 0.5) is 0 Å². The van der Waals surface area contributed by atoms with Crippen molar-refractivity contribution >= 4 is 57.1 Å². The third-order valence-corrected chi connectivity index (χ3v) is 5.32. The molecular weight excluding hydrogens is 462 g/mol. The van der Waals surface area contributed by atoms with Gasteiger partial charge in [-0.2, -0.15) is 0 Å². The molecule has 1 aromatic carbocycles. The van der Waals surface area contributed by atoms with Gasteiger partial charge in [-0.05, 0) is 70.2 Å². The Morgan fingerprint density at radius 3 is 1.33 bits per heavy atom. The number of carbonyl (C=O) groups excluding carboxylic acids is 2. The van der Waals surface area contributed by atoms with E-state index in [0.717, 1.165) is 18.3 Å². The summed E-state index contributed by atoms with van der Waals surface area (Å²) >= 11 is 4.10. The van der Waals surface area contributed by atoms with Crippen molar-refractivity contribution in [3.8, 4) is 0 Å². The fourth-order valence-electron chi connectivity index (χ4n) is 1.61. The molecule has 4 nitrogen and oxygen atoms in total. The maximum absolute atomic E-state index is 11.8. The van der Waals surface area contributed by atoms with Crippen LogP contribution in [0.25, 0.3) is 0 Å². The minimum Gasteiger partial charge on any atom is -0.465 e. The van der Waals surface area contributed by atoms with Crippen LogP contribution in [0.2, 0.25) is 0 Å². The molecule has 0 spiro atoms. The van der Waals surface area contributed by atoms with Crippen LogP contribution in [0.1, 0.15) is 31.8 Å². The van der Waals surface area contributed by atoms with E-state index in [2.05, 4.69) is 0 Å². The Bertz CT molecular complexity index is 447. The molecule has 0 aliphatic rings. The normalized spacial score (nSPS) is 10.1. The van der Waals surface area contributed by atoms with Crippen LogP contribution < -0.4 is 0 Å². The van der Waals surface area contributed by atoms with Gasteiger partial charge in [0.05, 0.1) is 25.3 Å². The standard InChI is InChI=1S/C12H12I2O4/c1-5-7(11(15)17-3)10(14)6(2)8(9(5)13)12(16)18-4/h1-4H3. The molecule has 0 aromatic heterocycles. The van der Waals surface area contributed by atoms with Crippen molar-refractivity contribution in [1.29, 1.82) is 0 Å². The zero-order valence-electron chi connectivity index (χ0n) is 10.4. The summed E-state index contributed by atoms with van der Waals surface area (Å²) < 4.78 is 11.0. The first-order valence-electron chi connectivity index (χ1n) is 5.01. The predicted molar refractivity (Wildman–Crippen MR) is 84.0 cm³/mol. The summed E-state index contributed by atoms with van der Waals surface area (Å²) in [6.07, 6.45) is 0. The van der Waals surface area contributed by atoms with Gasteiger partial charge in [-0.25, -0.2) is 9.59 Å². The monoisotopic (exact) mass is 474 g/mol. The number of esters is 2. The summed E-state index contributed by atoms with van der Waals surface area (Å²) in [4.78, 5) is 23.5. The van der Waals surface area contributed by atoms with Crippen LogP contribution in [-0.2, 0) is 9.47 Å². The Labute approximate surface area is 133 Å². The van der Waals surface area contributed by atoms with Crippen LogP contribution in [-0.4, -0.2) is 26.2 Å². The Morgan fingerprint density at radius 1 is 0.833 bits per heavy atom. The predicted octanol–water partition coefficient (Wildman–Crippen LogP) is 3.09. The van der Waals surface area contributed by atoms with Gasteiger partial charge in [0.25, 0.3) is 0 Å². The minimum absolute atomic E-state index is 0.394. The van der Waals surface area contributed by atoms with Crippen molar-refractivity contribution in [3.63, 3.8) is 0 Å². The van der Waals surface area contributed by atoms with Crippen LogP contribution in [0.3, 0.4) is 0 Å². The third-order valence-electron chi connectivity index (χ3n) is 2.63. The number of halogens is 2. The lowest BCUT2D eigenvalue weighted by atomic mass is 10.00. The van der Waals surface area contributed by atoms with Crippen LogP contribution >= 0.6 is 45.2 Å². The maximum atomic E-state index is 11.8. The molecule has 0 N–H and O–H groups in total. The van der Waals surface area contributed by atoms with Gasteiger partial charge in [0, 0.05) is 7.14 Å². The molecule has 0 unspecified atom stereocenters. The van der Waals surface area contributed by atoms with Crippen LogP contribution in [0.5, 0.6) is 0 Å². The number of benzene rings is 1. The molecule has 0 radical (unpaired) electrons. The van der Waals surface area contributed by atoms with Gasteiger partial charge in [-0.15, -0.1) is 0 Å². The van der Waals surface area contributed by atoms with E-state index in [4.69, 9.17) is 9.47 Å². The first-order valence-corrected chi connectivity index (χ1v) is 7.17. The van der Waals surface area contributed by atoms with Crippen molar-refractivity contribution in [2.75, 3.05) is 14.2 Å². The molecule has 0 aliphatic carbocycles. The quantitative estimate of drug-likeness (QED) is 0.489. The molecule has 0 fully saturated rings. The highest BCUT2D eigenvalue weighted by atomic mass is 127. The topological polar surface area (TPSA) is 52.6 Å². The van der Waals surface area contributed by atoms with Crippen LogP contribution in [0.15, 0.2) is 0 Å². The summed E-state index contributed by atoms with van der Waals surface area (Å²) in [6.45, 7) is 3.59. The molecule has 18 heavy (non-hydrogen) atoms. The highest BCUT2D eigenvalue weighted by Crippen LogP contribution is 2.30. The molecule has 0 bridgehead atoms. The number of methoxy groups -OCH3 is 2. The van der Waals surface area contributed by atoms with Gasteiger partial charge in [0.15, 0.2) is 0 Å². The van der Waals surface area contributed by atoms with E-state index in [9.17, 15) is 9.59 Å². The number of ether oxygens (including phenoxy) is 2. The fraction of sp³-hybridized carbons (Fsp3) is 0.333. The highest BCUT2D eigenvalue weighted by Gasteiger charge is 2.25. The molecule has 0 aliphatic heterocycles. The Morgan fingerprint density at radius 2 is 1.11 bits per heavy atom. The summed E-state index contributed by atoms with van der Waals surface area (Å²) in [6, 6.07) is 0. The van der Waals surface area contributed by atoms with E-state index in [0.29, 0.717) is 11.1 Å². The number of rotatable bonds is 2. The highest BCUT2D eigenvalue weighted by molar-refractivity contribution is 14.1.